The summed E-state index contributed by atoms with van der Waals surface area (Å²) < 4.78 is 21.9. The number of rotatable bonds is 3. The molecule has 1 aliphatic rings. The smallest absolute Gasteiger partial charge is 0.133 e. The number of halogens is 1. The second-order valence-electron chi connectivity index (χ2n) is 7.54. The molecule has 1 aromatic heterocycles. The highest BCUT2D eigenvalue weighted by molar-refractivity contribution is 5.85. The van der Waals surface area contributed by atoms with Crippen LogP contribution < -0.4 is 4.74 Å². The van der Waals surface area contributed by atoms with Crippen molar-refractivity contribution in [1.82, 2.24) is 9.55 Å². The molecule has 4 aromatic rings. The van der Waals surface area contributed by atoms with Crippen LogP contribution in [0.3, 0.4) is 0 Å². The first-order valence-corrected chi connectivity index (χ1v) is 9.56. The number of methoxy groups -OCH3 is 1. The van der Waals surface area contributed by atoms with Crippen LogP contribution in [0.2, 0.25) is 0 Å². The van der Waals surface area contributed by atoms with Crippen molar-refractivity contribution in [3.05, 3.63) is 95.3 Å². The van der Waals surface area contributed by atoms with Crippen LogP contribution in [0.1, 0.15) is 34.8 Å². The Bertz CT molecular complexity index is 1320. The van der Waals surface area contributed by atoms with Crippen LogP contribution in [0.4, 0.5) is 4.39 Å². The quantitative estimate of drug-likeness (QED) is 0.558. The van der Waals surface area contributed by atoms with Crippen molar-refractivity contribution in [1.29, 1.82) is 5.26 Å². The summed E-state index contributed by atoms with van der Waals surface area (Å²) in [5.74, 6) is 0.270. The lowest BCUT2D eigenvalue weighted by Gasteiger charge is -2.24. The van der Waals surface area contributed by atoms with Crippen molar-refractivity contribution in [3.63, 3.8) is 0 Å². The Kier molecular flexibility index (Phi) is 4.09. The molecule has 6 heteroatoms. The molecule has 0 saturated heterocycles. The summed E-state index contributed by atoms with van der Waals surface area (Å²) >= 11 is 0. The Balaban J connectivity index is 1.62. The fourth-order valence-corrected chi connectivity index (χ4v) is 4.36. The summed E-state index contributed by atoms with van der Waals surface area (Å²) in [6.45, 7) is 0. The third-order valence-electron chi connectivity index (χ3n) is 5.93. The van der Waals surface area contributed by atoms with Gasteiger partial charge in [-0.1, -0.05) is 24.3 Å². The van der Waals surface area contributed by atoms with Gasteiger partial charge in [0, 0.05) is 12.0 Å². The molecule has 5 nitrogen and oxygen atoms in total. The maximum atomic E-state index is 14.8. The monoisotopic (exact) mass is 399 g/mol. The van der Waals surface area contributed by atoms with E-state index in [9.17, 15) is 9.50 Å². The fourth-order valence-electron chi connectivity index (χ4n) is 4.36. The summed E-state index contributed by atoms with van der Waals surface area (Å²) in [4.78, 5) is 4.20. The number of aromatic nitrogens is 2. The van der Waals surface area contributed by atoms with Gasteiger partial charge >= 0.3 is 0 Å². The van der Waals surface area contributed by atoms with Gasteiger partial charge in [-0.2, -0.15) is 5.26 Å². The van der Waals surface area contributed by atoms with Crippen LogP contribution in [-0.2, 0) is 5.60 Å². The van der Waals surface area contributed by atoms with E-state index in [2.05, 4.69) is 4.98 Å². The Morgan fingerprint density at radius 2 is 2.00 bits per heavy atom. The van der Waals surface area contributed by atoms with Crippen molar-refractivity contribution in [2.45, 2.75) is 18.1 Å². The van der Waals surface area contributed by atoms with Gasteiger partial charge in [-0.05, 0) is 46.7 Å². The molecule has 0 bridgehead atoms. The zero-order chi connectivity index (χ0) is 20.9. The molecule has 0 unspecified atom stereocenters. The lowest BCUT2D eigenvalue weighted by molar-refractivity contribution is 0.0794. The average molecular weight is 399 g/mol. The van der Waals surface area contributed by atoms with Gasteiger partial charge in [0.25, 0.3) is 0 Å². The molecule has 0 radical (unpaired) electrons. The van der Waals surface area contributed by atoms with Crippen molar-refractivity contribution in [2.75, 3.05) is 7.11 Å². The van der Waals surface area contributed by atoms with E-state index in [-0.39, 0.29) is 12.0 Å². The van der Waals surface area contributed by atoms with Crippen LogP contribution in [0.5, 0.6) is 5.75 Å². The third-order valence-corrected chi connectivity index (χ3v) is 5.93. The molecule has 30 heavy (non-hydrogen) atoms. The minimum atomic E-state index is -1.32. The topological polar surface area (TPSA) is 71.1 Å². The maximum absolute atomic E-state index is 14.8. The molecule has 5 rings (SSSR count). The number of fused-ring (bicyclic) bond motifs is 2. The first kappa shape index (κ1) is 18.3. The van der Waals surface area contributed by atoms with E-state index in [0.29, 0.717) is 16.8 Å². The highest BCUT2D eigenvalue weighted by atomic mass is 19.1. The Hall–Kier alpha value is -3.69. The number of nitrogens with zero attached hydrogens (tertiary/aromatic N) is 3. The van der Waals surface area contributed by atoms with Gasteiger partial charge in [0.2, 0.25) is 0 Å². The van der Waals surface area contributed by atoms with Gasteiger partial charge in [0.15, 0.2) is 0 Å². The average Bonchev–Trinajstić information content (AvgIpc) is 3.36. The Labute approximate surface area is 172 Å². The second-order valence-corrected chi connectivity index (χ2v) is 7.54. The summed E-state index contributed by atoms with van der Waals surface area (Å²) in [5.41, 5.74) is 0.684. The predicted molar refractivity (Wildman–Crippen MR) is 110 cm³/mol. The molecule has 2 atom stereocenters. The highest BCUT2D eigenvalue weighted by Crippen LogP contribution is 2.47. The van der Waals surface area contributed by atoms with Crippen LogP contribution in [-0.4, -0.2) is 21.8 Å². The molecular formula is C24H18FN3O2. The Morgan fingerprint density at radius 1 is 1.17 bits per heavy atom. The van der Waals surface area contributed by atoms with E-state index in [1.807, 2.05) is 42.5 Å². The maximum Gasteiger partial charge on any atom is 0.133 e. The number of hydrogen-bond donors (Lipinski definition) is 1. The zero-order valence-corrected chi connectivity index (χ0v) is 16.2. The largest absolute Gasteiger partial charge is 0.497 e. The lowest BCUT2D eigenvalue weighted by atomic mass is 9.85. The van der Waals surface area contributed by atoms with E-state index in [1.165, 1.54) is 6.07 Å². The SMILES string of the molecule is COc1ccc2ccc([C@]3(O)C[C@H](c4ccc(C#N)cc4F)n4cncc43)cc2c1. The molecule has 1 N–H and O–H groups in total. The summed E-state index contributed by atoms with van der Waals surface area (Å²) in [7, 11) is 1.62. The van der Waals surface area contributed by atoms with Crippen molar-refractivity contribution in [3.8, 4) is 11.8 Å². The molecule has 0 aliphatic carbocycles. The number of nitriles is 1. The van der Waals surface area contributed by atoms with Gasteiger partial charge in [0.05, 0.1) is 43.0 Å². The lowest BCUT2D eigenvalue weighted by Crippen LogP contribution is -2.24. The molecule has 0 amide bonds. The number of benzene rings is 3. The first-order chi connectivity index (χ1) is 14.5. The standard InChI is InChI=1S/C24H18FN3O2/c1-30-19-6-4-16-3-5-18(9-17(16)10-19)24(29)11-22(28-14-27-13-23(24)28)20-7-2-15(12-26)8-21(20)25/h2-10,13-14,22,29H,11H2,1H3/t22-,24-/m1/s1. The first-order valence-electron chi connectivity index (χ1n) is 9.56. The summed E-state index contributed by atoms with van der Waals surface area (Å²) in [5, 5.41) is 22.7. The molecule has 0 spiro atoms. The van der Waals surface area contributed by atoms with Crippen LogP contribution >= 0.6 is 0 Å². The minimum absolute atomic E-state index is 0.263. The molecule has 0 fully saturated rings. The predicted octanol–water partition coefficient (Wildman–Crippen LogP) is 4.28. The van der Waals surface area contributed by atoms with Crippen LogP contribution in [0.15, 0.2) is 67.1 Å². The van der Waals surface area contributed by atoms with E-state index in [1.54, 1.807) is 36.3 Å². The van der Waals surface area contributed by atoms with Gasteiger partial charge in [-0.15, -0.1) is 0 Å². The molecule has 148 valence electrons. The van der Waals surface area contributed by atoms with Gasteiger partial charge in [-0.3, -0.25) is 0 Å². The molecule has 2 heterocycles. The van der Waals surface area contributed by atoms with Crippen molar-refractivity contribution in [2.24, 2.45) is 0 Å². The third kappa shape index (κ3) is 2.67. The zero-order valence-electron chi connectivity index (χ0n) is 16.2. The van der Waals surface area contributed by atoms with Crippen LogP contribution in [0, 0.1) is 17.1 Å². The minimum Gasteiger partial charge on any atom is -0.497 e. The summed E-state index contributed by atoms with van der Waals surface area (Å²) in [6, 6.07) is 17.5. The number of ether oxygens (including phenoxy) is 1. The van der Waals surface area contributed by atoms with E-state index in [0.717, 1.165) is 16.5 Å². The molecule has 1 aliphatic heterocycles. The van der Waals surface area contributed by atoms with Gasteiger partial charge in [0.1, 0.15) is 17.2 Å². The molecule has 3 aromatic carbocycles. The number of imidazole rings is 1. The molecular weight excluding hydrogens is 381 g/mol. The van der Waals surface area contributed by atoms with Crippen molar-refractivity contribution < 1.29 is 14.2 Å². The normalized spacial score (nSPS) is 20.1. The van der Waals surface area contributed by atoms with Gasteiger partial charge in [-0.25, -0.2) is 9.37 Å². The van der Waals surface area contributed by atoms with E-state index in [4.69, 9.17) is 10.00 Å². The van der Waals surface area contributed by atoms with Crippen LogP contribution in [0.25, 0.3) is 10.8 Å². The Morgan fingerprint density at radius 3 is 2.77 bits per heavy atom. The highest BCUT2D eigenvalue weighted by Gasteiger charge is 2.45. The number of aliphatic hydroxyl groups is 1. The van der Waals surface area contributed by atoms with Crippen molar-refractivity contribution >= 4 is 10.8 Å². The fraction of sp³-hybridized carbons (Fsp3) is 0.167. The van der Waals surface area contributed by atoms with E-state index < -0.39 is 17.5 Å². The molecule has 0 saturated carbocycles. The second kappa shape index (κ2) is 6.68. The number of hydrogen-bond acceptors (Lipinski definition) is 4. The van der Waals surface area contributed by atoms with E-state index >= 15 is 0 Å². The van der Waals surface area contributed by atoms with Gasteiger partial charge < -0.3 is 14.4 Å². The summed E-state index contributed by atoms with van der Waals surface area (Å²) in [6.07, 6.45) is 3.50.